The third-order valence-corrected chi connectivity index (χ3v) is 3.96. The van der Waals surface area contributed by atoms with Crippen LogP contribution in [0.2, 0.25) is 0 Å². The number of fused-ring (bicyclic) bond motifs is 1. The van der Waals surface area contributed by atoms with Gasteiger partial charge in [0.15, 0.2) is 5.82 Å². The lowest BCUT2D eigenvalue weighted by Gasteiger charge is -2.22. The highest BCUT2D eigenvalue weighted by Crippen LogP contribution is 2.27. The first-order chi connectivity index (χ1) is 9.47. The third-order valence-electron chi connectivity index (χ3n) is 3.96. The fraction of sp³-hybridized carbons (Fsp3) is 0.500. The van der Waals surface area contributed by atoms with Crippen LogP contribution < -0.4 is 5.32 Å². The second kappa shape index (κ2) is 4.70. The van der Waals surface area contributed by atoms with E-state index in [2.05, 4.69) is 72.0 Å². The Kier molecular flexibility index (Phi) is 3.13. The average Bonchev–Trinajstić information content (AvgIpc) is 2.83. The van der Waals surface area contributed by atoms with Crippen molar-refractivity contribution < 1.29 is 0 Å². The van der Waals surface area contributed by atoms with Gasteiger partial charge in [-0.25, -0.2) is 0 Å². The van der Waals surface area contributed by atoms with Gasteiger partial charge in [-0.15, -0.1) is 10.2 Å². The van der Waals surface area contributed by atoms with E-state index in [0.29, 0.717) is 0 Å². The molecule has 1 atom stereocenters. The fourth-order valence-electron chi connectivity index (χ4n) is 2.67. The van der Waals surface area contributed by atoms with Gasteiger partial charge in [0, 0.05) is 18.7 Å². The lowest BCUT2D eigenvalue weighted by molar-refractivity contribution is 0.439. The van der Waals surface area contributed by atoms with Crippen LogP contribution in [0.5, 0.6) is 0 Å². The summed E-state index contributed by atoms with van der Waals surface area (Å²) in [6.07, 6.45) is 0. The zero-order valence-corrected chi connectivity index (χ0v) is 12.6. The molecule has 2 aromatic rings. The van der Waals surface area contributed by atoms with Crippen LogP contribution in [0.15, 0.2) is 24.3 Å². The number of hydrogen-bond donors (Lipinski definition) is 1. The van der Waals surface area contributed by atoms with Crippen LogP contribution >= 0.6 is 0 Å². The molecule has 1 aliphatic heterocycles. The van der Waals surface area contributed by atoms with Crippen molar-refractivity contribution in [3.8, 4) is 11.4 Å². The summed E-state index contributed by atoms with van der Waals surface area (Å²) in [6, 6.07) is 8.98. The molecule has 4 heteroatoms. The Morgan fingerprint density at radius 1 is 1.15 bits per heavy atom. The summed E-state index contributed by atoms with van der Waals surface area (Å²) < 4.78 is 2.23. The van der Waals surface area contributed by atoms with E-state index in [1.807, 2.05) is 0 Å². The second-order valence-corrected chi connectivity index (χ2v) is 6.54. The van der Waals surface area contributed by atoms with E-state index < -0.39 is 0 Å². The topological polar surface area (TPSA) is 42.7 Å². The molecule has 1 aromatic heterocycles. The van der Waals surface area contributed by atoms with Crippen molar-refractivity contribution in [1.82, 2.24) is 20.1 Å². The molecule has 1 unspecified atom stereocenters. The molecule has 0 saturated heterocycles. The number of rotatable bonds is 1. The molecule has 0 bridgehead atoms. The highest BCUT2D eigenvalue weighted by molar-refractivity contribution is 5.56. The monoisotopic (exact) mass is 270 g/mol. The lowest BCUT2D eigenvalue weighted by Crippen LogP contribution is -2.32. The van der Waals surface area contributed by atoms with Crippen LogP contribution in [0.25, 0.3) is 11.4 Å². The molecule has 1 aliphatic rings. The molecule has 106 valence electrons. The maximum atomic E-state index is 4.38. The van der Waals surface area contributed by atoms with E-state index in [4.69, 9.17) is 0 Å². The van der Waals surface area contributed by atoms with Crippen LogP contribution in [0.4, 0.5) is 0 Å². The first kappa shape index (κ1) is 13.3. The molecule has 0 aliphatic carbocycles. The van der Waals surface area contributed by atoms with Crippen molar-refractivity contribution in [2.45, 2.75) is 45.7 Å². The number of nitrogens with one attached hydrogen (secondary N) is 1. The Hall–Kier alpha value is -1.68. The van der Waals surface area contributed by atoms with Gasteiger partial charge < -0.3 is 9.88 Å². The van der Waals surface area contributed by atoms with E-state index in [-0.39, 0.29) is 11.5 Å². The Morgan fingerprint density at radius 3 is 2.50 bits per heavy atom. The predicted molar refractivity (Wildman–Crippen MR) is 80.6 cm³/mol. The highest BCUT2D eigenvalue weighted by atomic mass is 15.3. The average molecular weight is 270 g/mol. The van der Waals surface area contributed by atoms with E-state index in [9.17, 15) is 0 Å². The highest BCUT2D eigenvalue weighted by Gasteiger charge is 2.22. The second-order valence-electron chi connectivity index (χ2n) is 6.54. The Balaban J connectivity index is 1.98. The van der Waals surface area contributed by atoms with Crippen LogP contribution in [0.3, 0.4) is 0 Å². The summed E-state index contributed by atoms with van der Waals surface area (Å²) in [5.41, 5.74) is 2.67. The zero-order valence-electron chi connectivity index (χ0n) is 12.6. The van der Waals surface area contributed by atoms with Gasteiger partial charge in [-0.3, -0.25) is 0 Å². The van der Waals surface area contributed by atoms with E-state index in [0.717, 1.165) is 30.3 Å². The molecule has 0 amide bonds. The van der Waals surface area contributed by atoms with E-state index in [1.165, 1.54) is 5.56 Å². The molecule has 0 fully saturated rings. The summed E-state index contributed by atoms with van der Waals surface area (Å²) in [5.74, 6) is 2.01. The van der Waals surface area contributed by atoms with Gasteiger partial charge in [-0.2, -0.15) is 0 Å². The van der Waals surface area contributed by atoms with Crippen LogP contribution in [0, 0.1) is 0 Å². The van der Waals surface area contributed by atoms with Gasteiger partial charge in [0.25, 0.3) is 0 Å². The first-order valence-electron chi connectivity index (χ1n) is 7.24. The Labute approximate surface area is 120 Å². The van der Waals surface area contributed by atoms with Crippen LogP contribution in [-0.2, 0) is 12.0 Å². The van der Waals surface area contributed by atoms with Gasteiger partial charge in [0.05, 0.1) is 6.04 Å². The lowest BCUT2D eigenvalue weighted by atomic mass is 9.87. The van der Waals surface area contributed by atoms with Crippen molar-refractivity contribution >= 4 is 0 Å². The van der Waals surface area contributed by atoms with Crippen molar-refractivity contribution in [2.75, 3.05) is 6.54 Å². The summed E-state index contributed by atoms with van der Waals surface area (Å²) in [7, 11) is 0. The minimum atomic E-state index is 0.182. The number of hydrogen-bond acceptors (Lipinski definition) is 3. The molecular formula is C16H22N4. The number of aromatic nitrogens is 3. The number of nitrogens with zero attached hydrogens (tertiary/aromatic N) is 3. The molecule has 20 heavy (non-hydrogen) atoms. The summed E-state index contributed by atoms with van der Waals surface area (Å²) in [4.78, 5) is 0. The summed E-state index contributed by atoms with van der Waals surface area (Å²) in [5, 5.41) is 12.1. The summed E-state index contributed by atoms with van der Waals surface area (Å²) >= 11 is 0. The van der Waals surface area contributed by atoms with Gasteiger partial charge in [-0.1, -0.05) is 45.0 Å². The smallest absolute Gasteiger partial charge is 0.164 e. The van der Waals surface area contributed by atoms with Gasteiger partial charge in [0.1, 0.15) is 5.82 Å². The molecule has 4 nitrogen and oxygen atoms in total. The summed E-state index contributed by atoms with van der Waals surface area (Å²) in [6.45, 7) is 10.7. The first-order valence-corrected chi connectivity index (χ1v) is 7.24. The number of benzene rings is 1. The predicted octanol–water partition coefficient (Wildman–Crippen LogP) is 2.91. The van der Waals surface area contributed by atoms with Gasteiger partial charge in [-0.05, 0) is 17.9 Å². The molecule has 2 heterocycles. The van der Waals surface area contributed by atoms with Gasteiger partial charge in [0.2, 0.25) is 0 Å². The minimum Gasteiger partial charge on any atom is -0.308 e. The molecule has 0 spiro atoms. The Bertz CT molecular complexity index is 604. The van der Waals surface area contributed by atoms with Crippen molar-refractivity contribution in [3.05, 3.63) is 35.7 Å². The fourth-order valence-corrected chi connectivity index (χ4v) is 2.67. The molecule has 0 saturated carbocycles. The van der Waals surface area contributed by atoms with Crippen molar-refractivity contribution in [3.63, 3.8) is 0 Å². The van der Waals surface area contributed by atoms with E-state index in [1.54, 1.807) is 0 Å². The van der Waals surface area contributed by atoms with E-state index >= 15 is 0 Å². The SMILES string of the molecule is CC1NCCn2c(-c3ccc(C(C)(C)C)cc3)nnc21. The van der Waals surface area contributed by atoms with Crippen molar-refractivity contribution in [2.24, 2.45) is 0 Å². The molecule has 1 N–H and O–H groups in total. The van der Waals surface area contributed by atoms with Crippen molar-refractivity contribution in [1.29, 1.82) is 0 Å². The standard InChI is InChI=1S/C16H22N4/c1-11-14-18-19-15(20(14)10-9-17-11)12-5-7-13(8-6-12)16(2,3)4/h5-8,11,17H,9-10H2,1-4H3. The minimum absolute atomic E-state index is 0.182. The van der Waals surface area contributed by atoms with Gasteiger partial charge >= 0.3 is 0 Å². The van der Waals surface area contributed by atoms with Crippen LogP contribution in [0.1, 0.15) is 45.1 Å². The molecule has 0 radical (unpaired) electrons. The van der Waals surface area contributed by atoms with Crippen LogP contribution in [-0.4, -0.2) is 21.3 Å². The molecular weight excluding hydrogens is 248 g/mol. The molecule has 1 aromatic carbocycles. The quantitative estimate of drug-likeness (QED) is 0.866. The molecule has 3 rings (SSSR count). The normalized spacial score (nSPS) is 18.9. The zero-order chi connectivity index (χ0) is 14.3. The maximum Gasteiger partial charge on any atom is 0.164 e. The Morgan fingerprint density at radius 2 is 1.85 bits per heavy atom. The largest absolute Gasteiger partial charge is 0.308 e. The third kappa shape index (κ3) is 2.24. The maximum absolute atomic E-state index is 4.38.